The molecule has 1 aliphatic heterocycles. The van der Waals surface area contributed by atoms with Crippen molar-refractivity contribution < 1.29 is 0 Å². The molecule has 0 fully saturated rings. The smallest absolute Gasteiger partial charge is 0.188 e. The molecule has 0 saturated heterocycles. The van der Waals surface area contributed by atoms with Gasteiger partial charge in [-0.2, -0.15) is 5.26 Å². The molecule has 0 saturated carbocycles. The van der Waals surface area contributed by atoms with Crippen LogP contribution in [0.2, 0.25) is 0 Å². The molecule has 0 aromatic carbocycles. The second kappa shape index (κ2) is 11.1. The molecule has 0 unspecified atom stereocenters. The van der Waals surface area contributed by atoms with Crippen LogP contribution in [-0.2, 0) is 0 Å². The summed E-state index contributed by atoms with van der Waals surface area (Å²) in [6, 6.07) is 2.09. The van der Waals surface area contributed by atoms with Crippen LogP contribution in [0.5, 0.6) is 0 Å². The monoisotopic (exact) mass is 243 g/mol. The van der Waals surface area contributed by atoms with E-state index in [0.29, 0.717) is 6.42 Å². The average Bonchev–Trinajstić information content (AvgIpc) is 3.13. The van der Waals surface area contributed by atoms with Crippen LogP contribution in [0, 0.1) is 11.3 Å². The number of nitrogens with zero attached hydrogens (tertiary/aromatic N) is 1. The second-order valence-corrected chi connectivity index (χ2v) is 5.16. The number of rotatable bonds is 7. The summed E-state index contributed by atoms with van der Waals surface area (Å²) in [7, 11) is 35.5. The van der Waals surface area contributed by atoms with E-state index in [9.17, 15) is 0 Å². The molecule has 0 bridgehead atoms. The Morgan fingerprint density at radius 3 is 2.05 bits per heavy atom. The lowest BCUT2D eigenvalue weighted by Gasteiger charge is -2.25. The fourth-order valence-electron chi connectivity index (χ4n) is 1.24. The van der Waals surface area contributed by atoms with Gasteiger partial charge in [-0.3, -0.25) is 0 Å². The zero-order valence-electron chi connectivity index (χ0n) is 10.8. The van der Waals surface area contributed by atoms with E-state index in [4.69, 9.17) is 51.7 Å². The highest BCUT2D eigenvalue weighted by molar-refractivity contribution is 8.05. The minimum Gasteiger partial charge on any atom is -0.198 e. The molecule has 0 aromatic heterocycles. The summed E-state index contributed by atoms with van der Waals surface area (Å²) in [4.78, 5) is 1.33. The second-order valence-electron chi connectivity index (χ2n) is 3.99. The van der Waals surface area contributed by atoms with E-state index in [1.54, 1.807) is 11.8 Å². The Balaban J connectivity index is 0.000000356. The van der Waals surface area contributed by atoms with Gasteiger partial charge in [-0.1, -0.05) is 4.80 Å². The third kappa shape index (κ3) is 9.83. The molecule has 72 valence electrons. The van der Waals surface area contributed by atoms with Crippen LogP contribution in [0.3, 0.4) is 0 Å². The first-order valence-corrected chi connectivity index (χ1v) is 6.80. The van der Waals surface area contributed by atoms with Gasteiger partial charge in [-0.25, -0.2) is 0 Å². The van der Waals surface area contributed by atoms with Crippen LogP contribution in [0.1, 0.15) is 6.42 Å². The van der Waals surface area contributed by atoms with Gasteiger partial charge in [0.1, 0.15) is 0 Å². The molecule has 14 radical (unpaired) electrons. The summed E-state index contributed by atoms with van der Waals surface area (Å²) in [6.07, 6.45) is -1.49. The zero-order chi connectivity index (χ0) is 14.8. The predicted molar refractivity (Wildman–Crippen MR) is 99.8 cm³/mol. The zero-order valence-corrected chi connectivity index (χ0v) is 11.6. The minimum atomic E-state index is -0.648. The van der Waals surface area contributed by atoms with E-state index in [0.717, 1.165) is 5.75 Å². The van der Waals surface area contributed by atoms with E-state index in [1.807, 2.05) is 0 Å². The highest BCUT2D eigenvalue weighted by atomic mass is 32.2. The van der Waals surface area contributed by atoms with Crippen molar-refractivity contribution in [3.8, 4) is 6.07 Å². The van der Waals surface area contributed by atoms with Crippen LogP contribution in [0.15, 0.2) is 10.8 Å². The van der Waals surface area contributed by atoms with Gasteiger partial charge in [-0.15, -0.1) is 17.7 Å². The molecule has 1 heterocycles. The lowest BCUT2D eigenvalue weighted by Crippen LogP contribution is -2.63. The number of hydrogen-bond donors (Lipinski definition) is 0. The van der Waals surface area contributed by atoms with Gasteiger partial charge in [0.25, 0.3) is 0 Å². The van der Waals surface area contributed by atoms with Gasteiger partial charge in [0, 0.05) is 91.2 Å². The Bertz CT molecular complexity index is 306. The summed E-state index contributed by atoms with van der Waals surface area (Å²) in [5, 5.41) is 8.11. The average molecular weight is 241 g/mol. The SMILES string of the molecule is N#CCCSC1=C[B]1.[B][B]B([B])B(B([B])[B])B([B])[B]. The van der Waals surface area contributed by atoms with Crippen molar-refractivity contribution in [2.45, 2.75) is 6.42 Å². The Kier molecular flexibility index (Phi) is 11.3. The van der Waals surface area contributed by atoms with Gasteiger partial charge < -0.3 is 0 Å². The van der Waals surface area contributed by atoms with Crippen LogP contribution in [0.4, 0.5) is 0 Å². The Morgan fingerprint density at radius 1 is 1.26 bits per heavy atom. The molecule has 0 atom stereocenters. The molecule has 14 heteroatoms. The maximum atomic E-state index is 8.11. The summed E-state index contributed by atoms with van der Waals surface area (Å²) < 4.78 is 0. The summed E-state index contributed by atoms with van der Waals surface area (Å²) in [5.41, 5.74) is 0. The topological polar surface area (TPSA) is 23.8 Å². The van der Waals surface area contributed by atoms with E-state index < -0.39 is 19.2 Å². The van der Waals surface area contributed by atoms with E-state index >= 15 is 0 Å². The third-order valence-electron chi connectivity index (χ3n) is 2.34. The molecule has 1 rings (SSSR count). The van der Waals surface area contributed by atoms with Crippen LogP contribution >= 0.6 is 11.8 Å². The lowest BCUT2D eigenvalue weighted by atomic mass is 8.56. The van der Waals surface area contributed by atoms with Crippen molar-refractivity contribution >= 4 is 98.1 Å². The van der Waals surface area contributed by atoms with Crippen molar-refractivity contribution in [2.24, 2.45) is 0 Å². The van der Waals surface area contributed by atoms with Crippen molar-refractivity contribution in [3.05, 3.63) is 10.8 Å². The molecule has 1 aliphatic rings. The van der Waals surface area contributed by atoms with Crippen LogP contribution < -0.4 is 0 Å². The molecule has 0 aromatic rings. The minimum absolute atomic E-state index is 0.389. The van der Waals surface area contributed by atoms with E-state index in [2.05, 4.69) is 19.3 Å². The maximum Gasteiger partial charge on any atom is 0.188 e. The standard InChI is InChI=1S/C5H5BNS.B11/c7-2-1-3-8-5-4-6-5;1-7-10(6)11(8(2)3)9(4)5/h4H,1,3H2;. The van der Waals surface area contributed by atoms with Gasteiger partial charge in [0.05, 0.1) is 6.07 Å². The van der Waals surface area contributed by atoms with Gasteiger partial charge >= 0.3 is 0 Å². The lowest BCUT2D eigenvalue weighted by molar-refractivity contribution is 1.24. The van der Waals surface area contributed by atoms with Crippen molar-refractivity contribution in [2.75, 3.05) is 5.75 Å². The first-order valence-electron chi connectivity index (χ1n) is 5.81. The number of hydrogen-bond acceptors (Lipinski definition) is 2. The van der Waals surface area contributed by atoms with Crippen molar-refractivity contribution in [1.29, 1.82) is 5.26 Å². The molecule has 0 N–H and O–H groups in total. The van der Waals surface area contributed by atoms with E-state index in [1.165, 1.54) is 11.9 Å². The van der Waals surface area contributed by atoms with Crippen LogP contribution in [0.25, 0.3) is 0 Å². The molecule has 19 heavy (non-hydrogen) atoms. The molecule has 0 aliphatic carbocycles. The summed E-state index contributed by atoms with van der Waals surface area (Å²) in [6.45, 7) is 0. The molecular formula is C5H5B12NS. The highest BCUT2D eigenvalue weighted by Crippen LogP contribution is 2.23. The summed E-state index contributed by atoms with van der Waals surface area (Å²) in [5.74, 6) is 3.00. The van der Waals surface area contributed by atoms with Crippen molar-refractivity contribution in [3.63, 3.8) is 0 Å². The quantitative estimate of drug-likeness (QED) is 0.349. The van der Waals surface area contributed by atoms with Crippen molar-refractivity contribution in [1.82, 2.24) is 0 Å². The third-order valence-corrected chi connectivity index (χ3v) is 3.35. The first kappa shape index (κ1) is 19.4. The Hall–Kier alpha value is 0.359. The Labute approximate surface area is 132 Å². The molecule has 0 spiro atoms. The fraction of sp³-hybridized carbons (Fsp3) is 0.400. The molecule has 1 nitrogen and oxygen atoms in total. The van der Waals surface area contributed by atoms with Crippen LogP contribution in [-0.4, -0.2) is 92.1 Å². The predicted octanol–water partition coefficient (Wildman–Crippen LogP) is -3.04. The van der Waals surface area contributed by atoms with Gasteiger partial charge in [0.2, 0.25) is 0 Å². The van der Waals surface area contributed by atoms with E-state index in [-0.39, 0.29) is 6.39 Å². The maximum absolute atomic E-state index is 8.11. The number of thioether (sulfide) groups is 1. The number of nitriles is 1. The molecular weight excluding hydrogens is 236 g/mol. The Morgan fingerprint density at radius 2 is 1.79 bits per heavy atom. The summed E-state index contributed by atoms with van der Waals surface area (Å²) >= 11 is 1.75. The van der Waals surface area contributed by atoms with Gasteiger partial charge in [0.15, 0.2) is 7.28 Å². The largest absolute Gasteiger partial charge is 0.198 e. The van der Waals surface area contributed by atoms with Gasteiger partial charge in [-0.05, 0) is 0 Å². The first-order chi connectivity index (χ1) is 8.93. The molecule has 0 amide bonds. The normalized spacial score (nSPS) is 10.6. The fourth-order valence-corrected chi connectivity index (χ4v) is 1.93. The highest BCUT2D eigenvalue weighted by Gasteiger charge is 2.26.